The molecule has 0 radical (unpaired) electrons. The van der Waals surface area contributed by atoms with Crippen LogP contribution in [0.3, 0.4) is 0 Å². The van der Waals surface area contributed by atoms with Crippen molar-refractivity contribution in [3.8, 4) is 0 Å². The molecule has 0 spiro atoms. The monoisotopic (exact) mass is 832 g/mol. The minimum absolute atomic E-state index is 0.0155. The Bertz CT molecular complexity index is 1510. The van der Waals surface area contributed by atoms with E-state index in [1.807, 2.05) is 26.8 Å². The average molecular weight is 832 g/mol. The number of Topliss-reactive ketones (excluding diaryl/α,β-unsaturated/α-hetero) is 2. The number of rotatable bonds is 9. The first-order valence-corrected chi connectivity index (χ1v) is 21.7. The number of cyclic esters (lactones) is 1. The van der Waals surface area contributed by atoms with Gasteiger partial charge in [0.1, 0.15) is 24.0 Å². The minimum Gasteiger partial charge on any atom is -0.456 e. The molecule has 14 unspecified atom stereocenters. The molecule has 13 heteroatoms. The fraction of sp³-hybridized carbons (Fsp3) is 0.783. The summed E-state index contributed by atoms with van der Waals surface area (Å²) in [7, 11) is 8.02. The zero-order valence-electron chi connectivity index (χ0n) is 37.3. The highest BCUT2D eigenvalue weighted by atomic mass is 16.7. The molecule has 59 heavy (non-hydrogen) atoms. The molecule has 3 fully saturated rings. The largest absolute Gasteiger partial charge is 0.456 e. The van der Waals surface area contributed by atoms with Crippen molar-refractivity contribution in [2.45, 2.75) is 160 Å². The van der Waals surface area contributed by atoms with Gasteiger partial charge in [-0.25, -0.2) is 4.79 Å². The molecule has 1 aliphatic carbocycles. The summed E-state index contributed by atoms with van der Waals surface area (Å²) in [6, 6.07) is -1.09. The number of ether oxygens (including phenoxy) is 7. The van der Waals surface area contributed by atoms with Gasteiger partial charge >= 0.3 is 5.97 Å². The number of piperidine rings is 1. The quantitative estimate of drug-likeness (QED) is 0.166. The Morgan fingerprint density at radius 3 is 2.14 bits per heavy atom. The lowest BCUT2D eigenvalue weighted by atomic mass is 9.81. The van der Waals surface area contributed by atoms with Crippen molar-refractivity contribution in [1.29, 1.82) is 0 Å². The second-order valence-corrected chi connectivity index (χ2v) is 17.7. The number of hydrogen-bond donors (Lipinski definition) is 1. The van der Waals surface area contributed by atoms with Crippen molar-refractivity contribution in [1.82, 2.24) is 4.90 Å². The zero-order chi connectivity index (χ0) is 43.6. The molecule has 3 aliphatic heterocycles. The van der Waals surface area contributed by atoms with Crippen LogP contribution < -0.4 is 0 Å². The molecule has 14 atom stereocenters. The number of carbonyl (C=O) groups is 4. The third-order valence-electron chi connectivity index (χ3n) is 13.4. The molecule has 0 aromatic rings. The highest BCUT2D eigenvalue weighted by Crippen LogP contribution is 2.39. The van der Waals surface area contributed by atoms with Gasteiger partial charge in [-0.15, -0.1) is 6.58 Å². The van der Waals surface area contributed by atoms with Gasteiger partial charge in [0.15, 0.2) is 0 Å². The molecular weight excluding hydrogens is 759 g/mol. The van der Waals surface area contributed by atoms with E-state index in [2.05, 4.69) is 19.6 Å². The SMILES string of the molecule is C=CCC1/C=C(\C)CC(C)CC(OC)C2OC(O)(C(=O)C(=O)N3CCCCC3C(=O)OC(C(C)=CC3CCC(OC)C(OC)C3)C(C)C(OC)CC1=O)C(C)CC2OC. The smallest absolute Gasteiger partial charge is 0.329 e. The van der Waals surface area contributed by atoms with Crippen LogP contribution in [-0.4, -0.2) is 130 Å². The van der Waals surface area contributed by atoms with Gasteiger partial charge in [0.25, 0.3) is 11.7 Å². The number of carbonyl (C=O) groups excluding carboxylic acids is 4. The molecule has 1 N–H and O–H groups in total. The fourth-order valence-corrected chi connectivity index (χ4v) is 9.96. The van der Waals surface area contributed by atoms with Gasteiger partial charge in [-0.2, -0.15) is 0 Å². The van der Waals surface area contributed by atoms with E-state index < -0.39 is 77.8 Å². The lowest BCUT2D eigenvalue weighted by molar-refractivity contribution is -0.302. The lowest BCUT2D eigenvalue weighted by Crippen LogP contribution is -2.64. The highest BCUT2D eigenvalue weighted by Gasteiger charge is 2.56. The van der Waals surface area contributed by atoms with Crippen molar-refractivity contribution in [2.24, 2.45) is 29.6 Å². The average Bonchev–Trinajstić information content (AvgIpc) is 3.22. The molecule has 13 nitrogen and oxygen atoms in total. The Kier molecular flexibility index (Phi) is 18.5. The molecule has 2 saturated heterocycles. The number of nitrogens with zero attached hydrogens (tertiary/aromatic N) is 1. The fourth-order valence-electron chi connectivity index (χ4n) is 9.96. The van der Waals surface area contributed by atoms with Crippen LogP contribution in [-0.2, 0) is 52.3 Å². The van der Waals surface area contributed by atoms with E-state index in [0.717, 1.165) is 24.0 Å². The van der Waals surface area contributed by atoms with Crippen molar-refractivity contribution in [2.75, 3.05) is 42.1 Å². The normalized spacial score (nSPS) is 40.0. The second kappa shape index (κ2) is 22.4. The summed E-state index contributed by atoms with van der Waals surface area (Å²) in [6.07, 6.45) is 7.98. The zero-order valence-corrected chi connectivity index (χ0v) is 37.3. The van der Waals surface area contributed by atoms with E-state index >= 15 is 0 Å². The van der Waals surface area contributed by atoms with Crippen LogP contribution in [0, 0.1) is 29.6 Å². The van der Waals surface area contributed by atoms with Crippen molar-refractivity contribution in [3.05, 3.63) is 36.0 Å². The lowest BCUT2D eigenvalue weighted by Gasteiger charge is -2.47. The summed E-state index contributed by atoms with van der Waals surface area (Å²) < 4.78 is 42.0. The van der Waals surface area contributed by atoms with E-state index in [1.54, 1.807) is 48.5 Å². The topological polar surface area (TPSA) is 156 Å². The van der Waals surface area contributed by atoms with E-state index in [0.29, 0.717) is 38.5 Å². The summed E-state index contributed by atoms with van der Waals surface area (Å²) in [6.45, 7) is 13.6. The first-order valence-electron chi connectivity index (χ1n) is 21.7. The van der Waals surface area contributed by atoms with Crippen LogP contribution in [0.5, 0.6) is 0 Å². The number of methoxy groups -OCH3 is 5. The molecule has 0 aromatic carbocycles. The highest BCUT2D eigenvalue weighted by molar-refractivity contribution is 6.39. The van der Waals surface area contributed by atoms with Crippen molar-refractivity contribution in [3.63, 3.8) is 0 Å². The number of allylic oxidation sites excluding steroid dienone is 4. The molecule has 1 saturated carbocycles. The summed E-state index contributed by atoms with van der Waals surface area (Å²) >= 11 is 0. The van der Waals surface area contributed by atoms with Gasteiger partial charge in [-0.05, 0) is 95.5 Å². The Morgan fingerprint density at radius 2 is 1.51 bits per heavy atom. The molecule has 4 rings (SSSR count). The van der Waals surface area contributed by atoms with Crippen LogP contribution in [0.2, 0.25) is 0 Å². The van der Waals surface area contributed by atoms with Gasteiger partial charge < -0.3 is 43.2 Å². The summed E-state index contributed by atoms with van der Waals surface area (Å²) in [5.74, 6) is -6.89. The van der Waals surface area contributed by atoms with Crippen LogP contribution in [0.15, 0.2) is 36.0 Å². The van der Waals surface area contributed by atoms with Gasteiger partial charge in [0.2, 0.25) is 5.79 Å². The Balaban J connectivity index is 1.80. The van der Waals surface area contributed by atoms with Crippen molar-refractivity contribution < 1.29 is 57.4 Å². The molecule has 2 bridgehead atoms. The standard InChI is InChI=1S/C46H73NO12/c1-12-15-33-21-27(2)20-28(3)22-39(56-10)42-40(57-11)24-30(5)46(52,59-42)43(49)44(50)47-19-14-13-16-34(47)45(51)58-41(31(6)37(54-8)26-35(33)48)29(4)23-32-17-18-36(53-7)38(25-32)55-9/h12,21,23,28,30-34,36-42,52H,1,13-20,22,24-26H2,2-11H3/b27-21+,29-23?. The number of amides is 1. The maximum atomic E-state index is 14.5. The first-order chi connectivity index (χ1) is 28.1. The minimum atomic E-state index is -2.49. The number of hydrogen-bond acceptors (Lipinski definition) is 12. The van der Waals surface area contributed by atoms with Gasteiger partial charge in [0, 0.05) is 66.3 Å². The van der Waals surface area contributed by atoms with Crippen LogP contribution in [0.25, 0.3) is 0 Å². The number of aliphatic hydroxyl groups is 1. The first kappa shape index (κ1) is 48.9. The van der Waals surface area contributed by atoms with Crippen LogP contribution in [0.1, 0.15) is 105 Å². The van der Waals surface area contributed by atoms with Crippen LogP contribution in [0.4, 0.5) is 0 Å². The third kappa shape index (κ3) is 11.8. The maximum Gasteiger partial charge on any atom is 0.329 e. The van der Waals surface area contributed by atoms with Gasteiger partial charge in [0.05, 0.1) is 30.5 Å². The molecule has 0 aromatic heterocycles. The summed E-state index contributed by atoms with van der Waals surface area (Å²) in [5, 5.41) is 12.1. The Labute approximate surface area is 352 Å². The number of fused-ring (bicyclic) bond motifs is 3. The molecule has 1 amide bonds. The Hall–Kier alpha value is -2.78. The predicted octanol–water partition coefficient (Wildman–Crippen LogP) is 5.95. The van der Waals surface area contributed by atoms with Crippen molar-refractivity contribution >= 4 is 23.4 Å². The number of esters is 1. The van der Waals surface area contributed by atoms with Crippen LogP contribution >= 0.6 is 0 Å². The second-order valence-electron chi connectivity index (χ2n) is 17.7. The third-order valence-corrected chi connectivity index (χ3v) is 13.4. The molecular formula is C46H73NO12. The van der Waals surface area contributed by atoms with E-state index in [1.165, 1.54) is 4.90 Å². The molecule has 3 heterocycles. The maximum absolute atomic E-state index is 14.5. The molecule has 4 aliphatic rings. The summed E-state index contributed by atoms with van der Waals surface area (Å²) in [4.78, 5) is 58.5. The van der Waals surface area contributed by atoms with Gasteiger partial charge in [-0.1, -0.05) is 44.6 Å². The van der Waals surface area contributed by atoms with E-state index in [4.69, 9.17) is 33.2 Å². The predicted molar refractivity (Wildman–Crippen MR) is 222 cm³/mol. The van der Waals surface area contributed by atoms with E-state index in [-0.39, 0.29) is 55.6 Å². The van der Waals surface area contributed by atoms with E-state index in [9.17, 15) is 24.3 Å². The summed E-state index contributed by atoms with van der Waals surface area (Å²) in [5.41, 5.74) is 1.80. The van der Waals surface area contributed by atoms with Gasteiger partial charge in [-0.3, -0.25) is 14.4 Å². The number of ketones is 2. The Morgan fingerprint density at radius 1 is 0.864 bits per heavy atom. The molecule has 334 valence electrons.